The second kappa shape index (κ2) is 8.17. The third-order valence-corrected chi connectivity index (χ3v) is 4.38. The maximum atomic E-state index is 12.9. The SMILES string of the molecule is O=C1NCC(C(=O)N[C@H](c2ccc(OC(F)(F)F)c(Cl)c2)c2cnn(C(F)(F)F)c2)N1. The van der Waals surface area contributed by atoms with Gasteiger partial charge in [0, 0.05) is 18.3 Å². The topological polar surface area (TPSA) is 97.3 Å². The van der Waals surface area contributed by atoms with Gasteiger partial charge in [-0.15, -0.1) is 26.3 Å². The molecule has 1 aliphatic heterocycles. The summed E-state index contributed by atoms with van der Waals surface area (Å²) in [4.78, 5) is 23.7. The molecule has 3 amide bonds. The molecule has 8 nitrogen and oxygen atoms in total. The minimum absolute atomic E-state index is 0.0480. The highest BCUT2D eigenvalue weighted by Crippen LogP contribution is 2.34. The smallest absolute Gasteiger partial charge is 0.404 e. The second-order valence-corrected chi connectivity index (χ2v) is 6.68. The van der Waals surface area contributed by atoms with Crippen molar-refractivity contribution in [1.29, 1.82) is 0 Å². The fourth-order valence-corrected chi connectivity index (χ4v) is 2.97. The molecular formula is C16H12ClF6N5O3. The van der Waals surface area contributed by atoms with Crippen molar-refractivity contribution in [3.8, 4) is 5.75 Å². The molecule has 1 unspecified atom stereocenters. The van der Waals surface area contributed by atoms with Crippen molar-refractivity contribution in [3.63, 3.8) is 0 Å². The molecular weight excluding hydrogens is 460 g/mol. The lowest BCUT2D eigenvalue weighted by Gasteiger charge is -2.21. The summed E-state index contributed by atoms with van der Waals surface area (Å²) >= 11 is 5.82. The van der Waals surface area contributed by atoms with Crippen LogP contribution in [-0.4, -0.2) is 40.7 Å². The molecule has 0 bridgehead atoms. The summed E-state index contributed by atoms with van der Waals surface area (Å²) in [5, 5.41) is 9.78. The van der Waals surface area contributed by atoms with Crippen molar-refractivity contribution in [2.75, 3.05) is 6.54 Å². The Morgan fingerprint density at radius 3 is 2.48 bits per heavy atom. The lowest BCUT2D eigenvalue weighted by molar-refractivity contribution is -0.274. The van der Waals surface area contributed by atoms with E-state index in [9.17, 15) is 35.9 Å². The molecule has 1 fully saturated rings. The first-order chi connectivity index (χ1) is 14.3. The first kappa shape index (κ1) is 22.5. The maximum Gasteiger partial charge on any atom is 0.573 e. The van der Waals surface area contributed by atoms with Crippen LogP contribution < -0.4 is 20.7 Å². The van der Waals surface area contributed by atoms with E-state index in [0.29, 0.717) is 6.20 Å². The molecule has 0 radical (unpaired) electrons. The summed E-state index contributed by atoms with van der Waals surface area (Å²) in [6.07, 6.45) is -8.42. The van der Waals surface area contributed by atoms with Crippen LogP contribution in [0.3, 0.4) is 0 Å². The Morgan fingerprint density at radius 2 is 1.97 bits per heavy atom. The standard InChI is InChI=1S/C16H12ClF6N5O3/c17-9-3-7(1-2-11(9)31-16(21,22)23)12(8-4-25-28(6-8)15(18,19)20)27-13(29)10-5-24-14(30)26-10/h1-4,6,10,12H,5H2,(H,27,29)(H2,24,26,30)/t10?,12-/m1/s1. The lowest BCUT2D eigenvalue weighted by atomic mass is 10.0. The molecule has 1 aromatic heterocycles. The zero-order valence-corrected chi connectivity index (χ0v) is 15.8. The van der Waals surface area contributed by atoms with Crippen LogP contribution in [-0.2, 0) is 11.1 Å². The van der Waals surface area contributed by atoms with Crippen molar-refractivity contribution < 1.29 is 40.7 Å². The van der Waals surface area contributed by atoms with Crippen LogP contribution in [0.15, 0.2) is 30.6 Å². The van der Waals surface area contributed by atoms with Crippen molar-refractivity contribution >= 4 is 23.5 Å². The monoisotopic (exact) mass is 471 g/mol. The number of rotatable bonds is 5. The lowest BCUT2D eigenvalue weighted by Crippen LogP contribution is -2.44. The molecule has 2 aromatic rings. The minimum atomic E-state index is -5.01. The van der Waals surface area contributed by atoms with Gasteiger partial charge >= 0.3 is 18.7 Å². The van der Waals surface area contributed by atoms with E-state index < -0.39 is 47.5 Å². The van der Waals surface area contributed by atoms with Crippen molar-refractivity contribution in [1.82, 2.24) is 25.7 Å². The number of aromatic nitrogens is 2. The maximum absolute atomic E-state index is 12.9. The van der Waals surface area contributed by atoms with E-state index in [1.807, 2.05) is 0 Å². The number of halogens is 7. The number of nitrogens with one attached hydrogen (secondary N) is 3. The molecule has 0 aliphatic carbocycles. The van der Waals surface area contributed by atoms with Gasteiger partial charge in [-0.05, 0) is 17.7 Å². The van der Waals surface area contributed by atoms with Crippen molar-refractivity contribution in [2.45, 2.75) is 24.7 Å². The normalized spacial score (nSPS) is 17.6. The molecule has 1 aliphatic rings. The second-order valence-electron chi connectivity index (χ2n) is 6.27. The molecule has 3 N–H and O–H groups in total. The van der Waals surface area contributed by atoms with E-state index in [4.69, 9.17) is 11.6 Å². The Morgan fingerprint density at radius 1 is 1.26 bits per heavy atom. The number of alkyl halides is 6. The largest absolute Gasteiger partial charge is 0.573 e. The van der Waals surface area contributed by atoms with Crippen molar-refractivity contribution in [3.05, 3.63) is 46.7 Å². The van der Waals surface area contributed by atoms with Gasteiger partial charge in [0.25, 0.3) is 0 Å². The van der Waals surface area contributed by atoms with Crippen LogP contribution in [0.2, 0.25) is 5.02 Å². The number of amides is 3. The number of hydrogen-bond donors (Lipinski definition) is 3. The molecule has 1 aromatic carbocycles. The number of benzene rings is 1. The molecule has 2 heterocycles. The Bertz CT molecular complexity index is 993. The van der Waals surface area contributed by atoms with E-state index in [0.717, 1.165) is 24.4 Å². The summed E-state index contributed by atoms with van der Waals surface area (Å²) in [6.45, 7) is -0.0711. The van der Waals surface area contributed by atoms with E-state index in [2.05, 4.69) is 25.8 Å². The van der Waals surface area contributed by atoms with E-state index in [1.54, 1.807) is 0 Å². The summed E-state index contributed by atoms with van der Waals surface area (Å²) in [7, 11) is 0. The third-order valence-electron chi connectivity index (χ3n) is 4.09. The number of nitrogens with zero attached hydrogens (tertiary/aromatic N) is 2. The number of carbonyl (C=O) groups is 2. The molecule has 0 saturated carbocycles. The van der Waals surface area contributed by atoms with Gasteiger partial charge in [0.05, 0.1) is 17.3 Å². The van der Waals surface area contributed by atoms with Gasteiger partial charge in [-0.25, -0.2) is 4.79 Å². The van der Waals surface area contributed by atoms with Crippen LogP contribution in [0.1, 0.15) is 17.2 Å². The van der Waals surface area contributed by atoms with E-state index >= 15 is 0 Å². The average molecular weight is 472 g/mol. The predicted octanol–water partition coefficient (Wildman–Crippen LogP) is 2.80. The van der Waals surface area contributed by atoms with Gasteiger partial charge < -0.3 is 20.7 Å². The predicted molar refractivity (Wildman–Crippen MR) is 92.0 cm³/mol. The zero-order chi connectivity index (χ0) is 23.0. The number of carbonyl (C=O) groups excluding carboxylic acids is 2. The zero-order valence-electron chi connectivity index (χ0n) is 15.0. The van der Waals surface area contributed by atoms with Crippen LogP contribution in [0.25, 0.3) is 0 Å². The van der Waals surface area contributed by atoms with Crippen LogP contribution in [0.5, 0.6) is 5.75 Å². The van der Waals surface area contributed by atoms with Crippen LogP contribution >= 0.6 is 11.6 Å². The van der Waals surface area contributed by atoms with Gasteiger partial charge in [-0.3, -0.25) is 4.79 Å². The first-order valence-electron chi connectivity index (χ1n) is 8.35. The van der Waals surface area contributed by atoms with Gasteiger partial charge in [-0.1, -0.05) is 17.7 Å². The summed E-state index contributed by atoms with van der Waals surface area (Å²) in [6, 6.07) is 0.0446. The number of hydrogen-bond acceptors (Lipinski definition) is 4. The molecule has 3 rings (SSSR count). The first-order valence-corrected chi connectivity index (χ1v) is 8.73. The van der Waals surface area contributed by atoms with Crippen LogP contribution in [0, 0.1) is 0 Å². The molecule has 31 heavy (non-hydrogen) atoms. The van der Waals surface area contributed by atoms with Gasteiger partial charge in [-0.2, -0.15) is 9.78 Å². The van der Waals surface area contributed by atoms with Gasteiger partial charge in [0.15, 0.2) is 0 Å². The van der Waals surface area contributed by atoms with Gasteiger partial charge in [0.1, 0.15) is 11.8 Å². The van der Waals surface area contributed by atoms with Gasteiger partial charge in [0.2, 0.25) is 5.91 Å². The van der Waals surface area contributed by atoms with E-state index in [-0.39, 0.29) is 22.4 Å². The fraction of sp³-hybridized carbons (Fsp3) is 0.312. The Kier molecular flexibility index (Phi) is 5.93. The highest BCUT2D eigenvalue weighted by Gasteiger charge is 2.35. The molecule has 0 spiro atoms. The fourth-order valence-electron chi connectivity index (χ4n) is 2.74. The average Bonchev–Trinajstić information content (AvgIpc) is 3.29. The highest BCUT2D eigenvalue weighted by atomic mass is 35.5. The third kappa shape index (κ3) is 5.51. The van der Waals surface area contributed by atoms with Crippen LogP contribution in [0.4, 0.5) is 31.1 Å². The molecule has 2 atom stereocenters. The molecule has 1 saturated heterocycles. The molecule has 168 valence electrons. The Balaban J connectivity index is 1.93. The summed E-state index contributed by atoms with van der Waals surface area (Å²) in [5.41, 5.74) is -0.0876. The summed E-state index contributed by atoms with van der Waals surface area (Å²) in [5.74, 6) is -1.49. The Labute approximate surface area is 174 Å². The summed E-state index contributed by atoms with van der Waals surface area (Å²) < 4.78 is 79.5. The van der Waals surface area contributed by atoms with E-state index in [1.165, 1.54) is 0 Å². The Hall–Kier alpha value is -3.16. The highest BCUT2D eigenvalue weighted by molar-refractivity contribution is 6.32. The number of urea groups is 1. The number of ether oxygens (including phenoxy) is 1. The minimum Gasteiger partial charge on any atom is -0.404 e. The van der Waals surface area contributed by atoms with Crippen molar-refractivity contribution in [2.24, 2.45) is 0 Å². The molecule has 15 heteroatoms. The quantitative estimate of drug-likeness (QED) is 0.584.